The van der Waals surface area contributed by atoms with Crippen molar-refractivity contribution in [2.75, 3.05) is 0 Å². The molecule has 6 heteroatoms. The van der Waals surface area contributed by atoms with Crippen LogP contribution < -0.4 is 0 Å². The third kappa shape index (κ3) is 7.73. The topological polar surface area (TPSA) is 77.8 Å². The fourth-order valence-electron chi connectivity index (χ4n) is 4.82. The third-order valence-corrected chi connectivity index (χ3v) is 6.64. The molecule has 0 unspecified atom stereocenters. The maximum absolute atomic E-state index is 4.22. The molecule has 5 aromatic carbocycles. The fraction of sp³-hybridized carbons (Fsp3) is 0.0556. The van der Waals surface area contributed by atoms with Crippen molar-refractivity contribution in [2.45, 2.75) is 12.8 Å². The highest BCUT2D eigenvalue weighted by Crippen LogP contribution is 2.36. The van der Waals surface area contributed by atoms with E-state index in [1.54, 1.807) is 0 Å². The van der Waals surface area contributed by atoms with Gasteiger partial charge in [-0.15, -0.1) is 10.2 Å². The van der Waals surface area contributed by atoms with Crippen LogP contribution in [0.5, 0.6) is 0 Å². The first-order valence-electron chi connectivity index (χ1n) is 13.6. The molecule has 2 aliphatic rings. The highest BCUT2D eigenvalue weighted by molar-refractivity contribution is 5.77. The van der Waals surface area contributed by atoms with Crippen LogP contribution in [0.25, 0.3) is 22.3 Å². The van der Waals surface area contributed by atoms with Crippen molar-refractivity contribution < 1.29 is 9.05 Å². The van der Waals surface area contributed by atoms with E-state index in [1.165, 1.54) is 69.4 Å². The van der Waals surface area contributed by atoms with Crippen molar-refractivity contribution in [1.82, 2.24) is 20.7 Å². The molecule has 0 atom stereocenters. The van der Waals surface area contributed by atoms with Gasteiger partial charge in [0.05, 0.1) is 12.4 Å². The van der Waals surface area contributed by atoms with Gasteiger partial charge in [0.1, 0.15) is 12.5 Å². The second-order valence-corrected chi connectivity index (χ2v) is 9.31. The number of benzene rings is 5. The summed E-state index contributed by atoms with van der Waals surface area (Å²) in [7, 11) is 0. The van der Waals surface area contributed by atoms with Gasteiger partial charge in [-0.05, 0) is 57.3 Å². The number of fused-ring (bicyclic) bond motifs is 6. The van der Waals surface area contributed by atoms with Crippen LogP contribution in [0.3, 0.4) is 0 Å². The molecule has 0 N–H and O–H groups in total. The normalized spacial score (nSPS) is 10.7. The minimum Gasteiger partial charge on any atom is -0.346 e. The van der Waals surface area contributed by atoms with Gasteiger partial charge < -0.3 is 9.05 Å². The van der Waals surface area contributed by atoms with Gasteiger partial charge in [0.2, 0.25) is 0 Å². The van der Waals surface area contributed by atoms with E-state index >= 15 is 0 Å². The zero-order chi connectivity index (χ0) is 28.7. The highest BCUT2D eigenvalue weighted by atomic mass is 16.5. The summed E-state index contributed by atoms with van der Waals surface area (Å²) in [6.07, 6.45) is 7.96. The molecule has 206 valence electrons. The first kappa shape index (κ1) is 27.9. The predicted octanol–water partition coefficient (Wildman–Crippen LogP) is 8.34. The van der Waals surface area contributed by atoms with Crippen LogP contribution >= 0.6 is 0 Å². The van der Waals surface area contributed by atoms with Crippen molar-refractivity contribution in [3.8, 4) is 22.3 Å². The van der Waals surface area contributed by atoms with Gasteiger partial charge in [-0.2, -0.15) is 0 Å². The average molecular weight is 551 g/mol. The van der Waals surface area contributed by atoms with Crippen LogP contribution in [-0.4, -0.2) is 20.7 Å². The Kier molecular flexibility index (Phi) is 10.1. The number of nitrogens with zero attached hydrogens (tertiary/aromatic N) is 4. The molecule has 6 nitrogen and oxygen atoms in total. The number of aromatic nitrogens is 4. The molecule has 2 heterocycles. The van der Waals surface area contributed by atoms with Crippen molar-refractivity contribution in [3.05, 3.63) is 181 Å². The number of rotatable bonds is 0. The molecule has 2 aromatic heterocycles. The molecule has 0 saturated heterocycles. The van der Waals surface area contributed by atoms with E-state index in [1.807, 2.05) is 36.4 Å². The molecule has 42 heavy (non-hydrogen) atoms. The smallest absolute Gasteiger partial charge is 0.144 e. The maximum Gasteiger partial charge on any atom is 0.144 e. The molecule has 0 spiro atoms. The standard InChI is InChI=1S/2C13H10.C6H6.2C2H2N2O/c2*1-3-7-12-10(5-1)9-11-6-2-4-8-13(11)12;1-2-4-6-5-3-1;2*1-2-5-4-3-1/h2*1-8H,9H2;1-6H;2*1-2H. The Morgan fingerprint density at radius 2 is 0.643 bits per heavy atom. The summed E-state index contributed by atoms with van der Waals surface area (Å²) in [5, 5.41) is 12.8. The zero-order valence-electron chi connectivity index (χ0n) is 23.0. The Bertz CT molecular complexity index is 1470. The minimum absolute atomic E-state index is 1.10. The average Bonchev–Trinajstić information content (AvgIpc) is 3.90. The largest absolute Gasteiger partial charge is 0.346 e. The van der Waals surface area contributed by atoms with E-state index in [0.717, 1.165) is 12.8 Å². The van der Waals surface area contributed by atoms with E-state index in [9.17, 15) is 0 Å². The van der Waals surface area contributed by atoms with Gasteiger partial charge >= 0.3 is 0 Å². The molecule has 9 rings (SSSR count). The van der Waals surface area contributed by atoms with Gasteiger partial charge in [0.15, 0.2) is 0 Å². The van der Waals surface area contributed by atoms with Gasteiger partial charge in [-0.3, -0.25) is 0 Å². The van der Waals surface area contributed by atoms with Crippen LogP contribution in [0.15, 0.2) is 167 Å². The lowest BCUT2D eigenvalue weighted by atomic mass is 10.1. The summed E-state index contributed by atoms with van der Waals surface area (Å²) in [6, 6.07) is 46.6. The first-order valence-corrected chi connectivity index (χ1v) is 13.6. The van der Waals surface area contributed by atoms with E-state index in [-0.39, 0.29) is 0 Å². The molecule has 7 aromatic rings. The van der Waals surface area contributed by atoms with Crippen molar-refractivity contribution in [2.24, 2.45) is 0 Å². The molecule has 0 radical (unpaired) electrons. The fourth-order valence-corrected chi connectivity index (χ4v) is 4.82. The predicted molar refractivity (Wildman–Crippen MR) is 164 cm³/mol. The second-order valence-electron chi connectivity index (χ2n) is 9.31. The SMILES string of the molecule is c1ccc2c(c1)Cc1ccccc1-2.c1ccc2c(c1)Cc1ccccc1-2.c1ccccc1.c1conn1.c1conn1. The summed E-state index contributed by atoms with van der Waals surface area (Å²) in [6.45, 7) is 0. The van der Waals surface area contributed by atoms with E-state index in [4.69, 9.17) is 0 Å². The Morgan fingerprint density at radius 1 is 0.357 bits per heavy atom. The molecule has 2 aliphatic carbocycles. The van der Waals surface area contributed by atoms with Crippen LogP contribution in [0.1, 0.15) is 22.3 Å². The molecular formula is C36H30N4O2. The third-order valence-electron chi connectivity index (χ3n) is 6.64. The summed E-state index contributed by atoms with van der Waals surface area (Å²) in [5.74, 6) is 0. The lowest BCUT2D eigenvalue weighted by molar-refractivity contribution is 0.392. The van der Waals surface area contributed by atoms with Crippen molar-refractivity contribution in [1.29, 1.82) is 0 Å². The van der Waals surface area contributed by atoms with E-state index < -0.39 is 0 Å². The van der Waals surface area contributed by atoms with Crippen molar-refractivity contribution in [3.63, 3.8) is 0 Å². The lowest BCUT2D eigenvalue weighted by Crippen LogP contribution is -1.77. The monoisotopic (exact) mass is 550 g/mol. The van der Waals surface area contributed by atoms with Crippen LogP contribution in [-0.2, 0) is 12.8 Å². The lowest BCUT2D eigenvalue weighted by Gasteiger charge is -1.98. The summed E-state index contributed by atoms with van der Waals surface area (Å²) < 4.78 is 8.44. The molecule has 0 aliphatic heterocycles. The van der Waals surface area contributed by atoms with Crippen LogP contribution in [0, 0.1) is 0 Å². The zero-order valence-corrected chi connectivity index (χ0v) is 23.0. The highest BCUT2D eigenvalue weighted by Gasteiger charge is 2.16. The number of hydrogen-bond acceptors (Lipinski definition) is 6. The van der Waals surface area contributed by atoms with Crippen molar-refractivity contribution >= 4 is 0 Å². The first-order chi connectivity index (χ1) is 20.9. The molecule has 0 fully saturated rings. The van der Waals surface area contributed by atoms with Gasteiger partial charge in [-0.1, -0.05) is 133 Å². The Morgan fingerprint density at radius 3 is 0.857 bits per heavy atom. The van der Waals surface area contributed by atoms with Gasteiger partial charge in [0.25, 0.3) is 0 Å². The summed E-state index contributed by atoms with van der Waals surface area (Å²) in [5.41, 5.74) is 11.5. The maximum atomic E-state index is 4.22. The van der Waals surface area contributed by atoms with Crippen LogP contribution in [0.2, 0.25) is 0 Å². The van der Waals surface area contributed by atoms with Gasteiger partial charge in [0, 0.05) is 10.5 Å². The molecule has 0 bridgehead atoms. The van der Waals surface area contributed by atoms with E-state index in [2.05, 4.69) is 127 Å². The minimum atomic E-state index is 1.10. The Balaban J connectivity index is 0.000000113. The molecule has 0 amide bonds. The van der Waals surface area contributed by atoms with Gasteiger partial charge in [-0.25, -0.2) is 0 Å². The quantitative estimate of drug-likeness (QED) is 0.189. The van der Waals surface area contributed by atoms with Crippen LogP contribution in [0.4, 0.5) is 0 Å². The molecule has 0 saturated carbocycles. The summed E-state index contributed by atoms with van der Waals surface area (Å²) >= 11 is 0. The van der Waals surface area contributed by atoms with E-state index in [0.29, 0.717) is 0 Å². The Labute approximate surface area is 245 Å². The number of hydrogen-bond donors (Lipinski definition) is 0. The molecular weight excluding hydrogens is 520 g/mol. The summed E-state index contributed by atoms with van der Waals surface area (Å²) in [4.78, 5) is 0. The Hall–Kier alpha value is -5.62. The second kappa shape index (κ2) is 15.2.